The SMILES string of the molecule is CC(CCc1ccc(Cl)c(Cl)c1)NC(=O)C1=C(O)C(=O)N([C@@H]2CCc3ccc(C(F)(F)F)cc32)C1. The number of carbonyl (C=O) groups is 2. The molecule has 2 N–H and O–H groups in total. The van der Waals surface area contributed by atoms with Gasteiger partial charge in [0.2, 0.25) is 0 Å². The molecule has 1 heterocycles. The van der Waals surface area contributed by atoms with Crippen LogP contribution in [-0.2, 0) is 28.6 Å². The molecule has 0 fully saturated rings. The number of aliphatic hydroxyl groups is 1. The summed E-state index contributed by atoms with van der Waals surface area (Å²) in [5, 5.41) is 14.1. The summed E-state index contributed by atoms with van der Waals surface area (Å²) in [6.45, 7) is 1.63. The summed E-state index contributed by atoms with van der Waals surface area (Å²) in [6.07, 6.45) is -2.38. The number of aliphatic hydroxyl groups excluding tert-OH is 1. The Hall–Kier alpha value is -2.71. The number of aryl methyl sites for hydroxylation is 2. The van der Waals surface area contributed by atoms with Gasteiger partial charge in [0.15, 0.2) is 5.76 Å². The first-order chi connectivity index (χ1) is 16.5. The van der Waals surface area contributed by atoms with Crippen LogP contribution in [0.4, 0.5) is 13.2 Å². The lowest BCUT2D eigenvalue weighted by atomic mass is 10.0. The Kier molecular flexibility index (Phi) is 7.06. The summed E-state index contributed by atoms with van der Waals surface area (Å²) in [4.78, 5) is 26.8. The van der Waals surface area contributed by atoms with E-state index in [0.29, 0.717) is 41.3 Å². The van der Waals surface area contributed by atoms with Gasteiger partial charge >= 0.3 is 6.18 Å². The van der Waals surface area contributed by atoms with Crippen molar-refractivity contribution < 1.29 is 27.9 Å². The number of nitrogens with one attached hydrogen (secondary N) is 1. The van der Waals surface area contributed by atoms with Gasteiger partial charge in [0.25, 0.3) is 11.8 Å². The van der Waals surface area contributed by atoms with Crippen molar-refractivity contribution >= 4 is 35.0 Å². The molecule has 4 rings (SSSR count). The molecule has 0 bridgehead atoms. The third-order valence-corrected chi connectivity index (χ3v) is 7.21. The van der Waals surface area contributed by atoms with Crippen LogP contribution in [0.3, 0.4) is 0 Å². The maximum Gasteiger partial charge on any atom is 0.416 e. The van der Waals surface area contributed by atoms with Crippen molar-refractivity contribution in [3.8, 4) is 0 Å². The average Bonchev–Trinajstić information content (AvgIpc) is 3.34. The van der Waals surface area contributed by atoms with Crippen LogP contribution in [0.25, 0.3) is 0 Å². The lowest BCUT2D eigenvalue weighted by Crippen LogP contribution is -2.36. The maximum atomic E-state index is 13.2. The Labute approximate surface area is 210 Å². The largest absolute Gasteiger partial charge is 0.503 e. The highest BCUT2D eigenvalue weighted by Gasteiger charge is 2.41. The number of fused-ring (bicyclic) bond motifs is 1. The van der Waals surface area contributed by atoms with Crippen molar-refractivity contribution in [1.29, 1.82) is 0 Å². The second-order valence-corrected chi connectivity index (χ2v) is 9.70. The van der Waals surface area contributed by atoms with Gasteiger partial charge in [0.1, 0.15) is 0 Å². The molecule has 186 valence electrons. The zero-order valence-corrected chi connectivity index (χ0v) is 20.3. The first kappa shape index (κ1) is 25.4. The summed E-state index contributed by atoms with van der Waals surface area (Å²) in [7, 11) is 0. The molecule has 0 aromatic heterocycles. The minimum atomic E-state index is -4.50. The Bertz CT molecular complexity index is 1210. The molecular weight excluding hydrogens is 504 g/mol. The third-order valence-electron chi connectivity index (χ3n) is 6.47. The van der Waals surface area contributed by atoms with Gasteiger partial charge in [-0.3, -0.25) is 9.59 Å². The summed E-state index contributed by atoms with van der Waals surface area (Å²) < 4.78 is 39.6. The minimum Gasteiger partial charge on any atom is -0.503 e. The van der Waals surface area contributed by atoms with Gasteiger partial charge in [0, 0.05) is 6.04 Å². The third kappa shape index (κ3) is 5.28. The van der Waals surface area contributed by atoms with Gasteiger partial charge < -0.3 is 15.3 Å². The highest BCUT2D eigenvalue weighted by Crippen LogP contribution is 2.41. The van der Waals surface area contributed by atoms with Crippen LogP contribution in [-0.4, -0.2) is 34.4 Å². The highest BCUT2D eigenvalue weighted by molar-refractivity contribution is 6.42. The lowest BCUT2D eigenvalue weighted by Gasteiger charge is -2.25. The van der Waals surface area contributed by atoms with Gasteiger partial charge in [-0.25, -0.2) is 0 Å². The van der Waals surface area contributed by atoms with Gasteiger partial charge in [-0.15, -0.1) is 0 Å². The number of benzene rings is 2. The Balaban J connectivity index is 1.41. The lowest BCUT2D eigenvalue weighted by molar-refractivity contribution is -0.137. The minimum absolute atomic E-state index is 0.0863. The molecule has 2 aromatic carbocycles. The van der Waals surface area contributed by atoms with Gasteiger partial charge in [-0.05, 0) is 73.6 Å². The van der Waals surface area contributed by atoms with E-state index in [1.807, 2.05) is 6.07 Å². The summed E-state index contributed by atoms with van der Waals surface area (Å²) in [6, 6.07) is 7.89. The second-order valence-electron chi connectivity index (χ2n) is 8.89. The van der Waals surface area contributed by atoms with Crippen LogP contribution in [0, 0.1) is 0 Å². The zero-order valence-electron chi connectivity index (χ0n) is 18.8. The van der Waals surface area contributed by atoms with E-state index in [1.165, 1.54) is 11.0 Å². The number of rotatable bonds is 6. The molecule has 1 unspecified atom stereocenters. The van der Waals surface area contributed by atoms with Crippen molar-refractivity contribution in [3.63, 3.8) is 0 Å². The van der Waals surface area contributed by atoms with Crippen LogP contribution in [0.5, 0.6) is 0 Å². The summed E-state index contributed by atoms with van der Waals surface area (Å²) in [5.41, 5.74) is 1.20. The first-order valence-corrected chi connectivity index (χ1v) is 11.9. The van der Waals surface area contributed by atoms with Crippen LogP contribution in [0.15, 0.2) is 47.7 Å². The van der Waals surface area contributed by atoms with E-state index in [-0.39, 0.29) is 18.2 Å². The van der Waals surface area contributed by atoms with Gasteiger partial charge in [-0.2, -0.15) is 13.2 Å². The molecule has 1 aliphatic heterocycles. The molecule has 1 aliphatic carbocycles. The van der Waals surface area contributed by atoms with E-state index in [0.717, 1.165) is 23.3 Å². The highest BCUT2D eigenvalue weighted by atomic mass is 35.5. The van der Waals surface area contributed by atoms with Crippen LogP contribution >= 0.6 is 23.2 Å². The fraction of sp³-hybridized carbons (Fsp3) is 0.360. The predicted molar refractivity (Wildman–Crippen MR) is 126 cm³/mol. The number of halogens is 5. The fourth-order valence-corrected chi connectivity index (χ4v) is 4.88. The molecule has 2 aromatic rings. The van der Waals surface area contributed by atoms with Gasteiger partial charge in [0.05, 0.1) is 33.8 Å². The molecule has 2 amide bonds. The standard InChI is InChI=1S/C25H23Cl2F3N2O3/c1-13(2-3-14-4-8-19(26)20(27)10-14)31-23(34)18-12-32(24(35)22(18)33)21-9-6-15-5-7-16(11-17(15)21)25(28,29)30/h4-5,7-8,10-11,13,21,33H,2-3,6,9,12H2,1H3,(H,31,34)/t13?,21-/m1/s1. The van der Waals surface area contributed by atoms with Crippen molar-refractivity contribution in [2.75, 3.05) is 6.54 Å². The molecule has 2 atom stereocenters. The molecule has 35 heavy (non-hydrogen) atoms. The van der Waals surface area contributed by atoms with Crippen LogP contribution in [0.1, 0.15) is 48.1 Å². The molecule has 10 heteroatoms. The van der Waals surface area contributed by atoms with E-state index in [4.69, 9.17) is 23.2 Å². The van der Waals surface area contributed by atoms with Crippen molar-refractivity contribution in [1.82, 2.24) is 10.2 Å². The molecule has 0 saturated heterocycles. The van der Waals surface area contributed by atoms with Crippen molar-refractivity contribution in [3.05, 3.63) is 80.0 Å². The Morgan fingerprint density at radius 2 is 1.94 bits per heavy atom. The number of hydrogen-bond donors (Lipinski definition) is 2. The fourth-order valence-electron chi connectivity index (χ4n) is 4.56. The number of hydrogen-bond acceptors (Lipinski definition) is 3. The molecule has 5 nitrogen and oxygen atoms in total. The molecule has 0 spiro atoms. The maximum absolute atomic E-state index is 13.2. The molecular formula is C25H23Cl2F3N2O3. The summed E-state index contributed by atoms with van der Waals surface area (Å²) >= 11 is 12.0. The molecule has 2 aliphatic rings. The van der Waals surface area contributed by atoms with E-state index >= 15 is 0 Å². The first-order valence-electron chi connectivity index (χ1n) is 11.1. The van der Waals surface area contributed by atoms with E-state index in [1.54, 1.807) is 19.1 Å². The number of carbonyl (C=O) groups excluding carboxylic acids is 2. The van der Waals surface area contributed by atoms with Crippen molar-refractivity contribution in [2.24, 2.45) is 0 Å². The monoisotopic (exact) mass is 526 g/mol. The van der Waals surface area contributed by atoms with Gasteiger partial charge in [-0.1, -0.05) is 35.3 Å². The number of alkyl halides is 3. The smallest absolute Gasteiger partial charge is 0.416 e. The number of nitrogens with zero attached hydrogens (tertiary/aromatic N) is 1. The normalized spacial score (nSPS) is 18.7. The van der Waals surface area contributed by atoms with Crippen LogP contribution in [0.2, 0.25) is 10.0 Å². The summed E-state index contributed by atoms with van der Waals surface area (Å²) in [5.74, 6) is -2.00. The second kappa shape index (κ2) is 9.74. The topological polar surface area (TPSA) is 69.6 Å². The average molecular weight is 527 g/mol. The zero-order chi connectivity index (χ0) is 25.5. The Morgan fingerprint density at radius 3 is 2.63 bits per heavy atom. The number of amides is 2. The van der Waals surface area contributed by atoms with E-state index in [9.17, 15) is 27.9 Å². The van der Waals surface area contributed by atoms with E-state index in [2.05, 4.69) is 5.32 Å². The quantitative estimate of drug-likeness (QED) is 0.500. The predicted octanol–water partition coefficient (Wildman–Crippen LogP) is 5.79. The van der Waals surface area contributed by atoms with Crippen molar-refractivity contribution in [2.45, 2.75) is 50.9 Å². The Morgan fingerprint density at radius 1 is 1.20 bits per heavy atom. The molecule has 0 saturated carbocycles. The molecule has 0 radical (unpaired) electrons. The van der Waals surface area contributed by atoms with E-state index < -0.39 is 35.4 Å². The van der Waals surface area contributed by atoms with Crippen LogP contribution < -0.4 is 5.32 Å².